The molecule has 18 heavy (non-hydrogen) atoms. The Balaban J connectivity index is 2.03. The van der Waals surface area contributed by atoms with Crippen LogP contribution in [0.3, 0.4) is 0 Å². The summed E-state index contributed by atoms with van der Waals surface area (Å²) in [6.07, 6.45) is 6.13. The fourth-order valence-corrected chi connectivity index (χ4v) is 2.35. The molecule has 0 amide bonds. The summed E-state index contributed by atoms with van der Waals surface area (Å²) in [5.74, 6) is 7.76. The SMILES string of the molecule is Cc1cc(C#CCCCl)ccc1OC1CCCC1. The second-order valence-electron chi connectivity index (χ2n) is 4.75. The Morgan fingerprint density at radius 1 is 1.33 bits per heavy atom. The summed E-state index contributed by atoms with van der Waals surface area (Å²) >= 11 is 5.60. The van der Waals surface area contributed by atoms with Crippen LogP contribution in [0.2, 0.25) is 0 Å². The Kier molecular flexibility index (Phi) is 4.96. The third kappa shape index (κ3) is 3.68. The molecule has 1 aromatic carbocycles. The van der Waals surface area contributed by atoms with Gasteiger partial charge in [0.25, 0.3) is 0 Å². The predicted molar refractivity (Wildman–Crippen MR) is 76.3 cm³/mol. The first-order valence-corrected chi connectivity index (χ1v) is 7.15. The normalized spacial score (nSPS) is 15.2. The molecular weight excluding hydrogens is 244 g/mol. The third-order valence-corrected chi connectivity index (χ3v) is 3.41. The van der Waals surface area contributed by atoms with E-state index < -0.39 is 0 Å². The maximum absolute atomic E-state index is 6.02. The van der Waals surface area contributed by atoms with Gasteiger partial charge in [0.1, 0.15) is 5.75 Å². The van der Waals surface area contributed by atoms with Crippen LogP contribution in [-0.2, 0) is 0 Å². The molecule has 1 nitrogen and oxygen atoms in total. The molecule has 0 spiro atoms. The van der Waals surface area contributed by atoms with E-state index >= 15 is 0 Å². The van der Waals surface area contributed by atoms with Crippen LogP contribution < -0.4 is 4.74 Å². The molecule has 1 aliphatic carbocycles. The third-order valence-electron chi connectivity index (χ3n) is 3.22. The zero-order valence-electron chi connectivity index (χ0n) is 10.8. The van der Waals surface area contributed by atoms with Gasteiger partial charge in [0.2, 0.25) is 0 Å². The topological polar surface area (TPSA) is 9.23 Å². The Morgan fingerprint density at radius 2 is 2.11 bits per heavy atom. The van der Waals surface area contributed by atoms with Gasteiger partial charge < -0.3 is 4.74 Å². The second kappa shape index (κ2) is 6.71. The van der Waals surface area contributed by atoms with Crippen LogP contribution in [-0.4, -0.2) is 12.0 Å². The smallest absolute Gasteiger partial charge is 0.122 e. The summed E-state index contributed by atoms with van der Waals surface area (Å²) in [7, 11) is 0. The van der Waals surface area contributed by atoms with Crippen LogP contribution in [0.1, 0.15) is 43.2 Å². The average Bonchev–Trinajstić information content (AvgIpc) is 2.86. The molecule has 0 radical (unpaired) electrons. The van der Waals surface area contributed by atoms with E-state index in [1.165, 1.54) is 31.2 Å². The molecular formula is C16H19ClO. The lowest BCUT2D eigenvalue weighted by Gasteiger charge is -2.15. The van der Waals surface area contributed by atoms with E-state index in [1.54, 1.807) is 0 Å². The van der Waals surface area contributed by atoms with Crippen molar-refractivity contribution >= 4 is 11.6 Å². The minimum atomic E-state index is 0.414. The number of halogens is 1. The maximum atomic E-state index is 6.02. The van der Waals surface area contributed by atoms with Crippen molar-refractivity contribution in [1.29, 1.82) is 0 Å². The number of hydrogen-bond donors (Lipinski definition) is 0. The van der Waals surface area contributed by atoms with E-state index in [0.717, 1.165) is 17.7 Å². The standard InChI is InChI=1S/C16H19ClO/c1-13-12-14(6-4-5-11-17)9-10-16(13)18-15-7-2-3-8-15/h9-10,12,15H,2-3,5,7-8,11H2,1H3. The van der Waals surface area contributed by atoms with Gasteiger partial charge in [-0.3, -0.25) is 0 Å². The lowest BCUT2D eigenvalue weighted by atomic mass is 10.1. The van der Waals surface area contributed by atoms with Crippen molar-refractivity contribution in [3.63, 3.8) is 0 Å². The summed E-state index contributed by atoms with van der Waals surface area (Å²) in [4.78, 5) is 0. The monoisotopic (exact) mass is 262 g/mol. The summed E-state index contributed by atoms with van der Waals surface area (Å²) in [6.45, 7) is 2.08. The van der Waals surface area contributed by atoms with Crippen molar-refractivity contribution in [1.82, 2.24) is 0 Å². The maximum Gasteiger partial charge on any atom is 0.122 e. The summed E-state index contributed by atoms with van der Waals surface area (Å²) in [5.41, 5.74) is 2.20. The molecule has 1 saturated carbocycles. The Labute approximate surface area is 114 Å². The molecule has 0 aromatic heterocycles. The van der Waals surface area contributed by atoms with Gasteiger partial charge in [-0.15, -0.1) is 11.6 Å². The molecule has 0 heterocycles. The van der Waals surface area contributed by atoms with Gasteiger partial charge in [0, 0.05) is 17.9 Å². The first-order valence-electron chi connectivity index (χ1n) is 6.62. The zero-order valence-corrected chi connectivity index (χ0v) is 11.6. The summed E-state index contributed by atoms with van der Waals surface area (Å²) < 4.78 is 6.02. The Bertz CT molecular complexity index is 450. The molecule has 2 heteroatoms. The number of rotatable bonds is 3. The minimum Gasteiger partial charge on any atom is -0.490 e. The summed E-state index contributed by atoms with van der Waals surface area (Å²) in [5, 5.41) is 0. The van der Waals surface area contributed by atoms with E-state index in [2.05, 4.69) is 24.8 Å². The highest BCUT2D eigenvalue weighted by Gasteiger charge is 2.17. The fraction of sp³-hybridized carbons (Fsp3) is 0.500. The van der Waals surface area contributed by atoms with Crippen molar-refractivity contribution < 1.29 is 4.74 Å². The van der Waals surface area contributed by atoms with E-state index in [1.807, 2.05) is 12.1 Å². The number of hydrogen-bond acceptors (Lipinski definition) is 1. The predicted octanol–water partition coefficient (Wildman–Crippen LogP) is 4.30. The first kappa shape index (κ1) is 13.3. The van der Waals surface area contributed by atoms with E-state index in [-0.39, 0.29) is 0 Å². The van der Waals surface area contributed by atoms with Crippen LogP contribution in [0.5, 0.6) is 5.75 Å². The molecule has 1 aliphatic rings. The first-order chi connectivity index (χ1) is 8.79. The van der Waals surface area contributed by atoms with E-state index in [0.29, 0.717) is 12.0 Å². The van der Waals surface area contributed by atoms with Gasteiger partial charge in [-0.1, -0.05) is 11.8 Å². The highest BCUT2D eigenvalue weighted by atomic mass is 35.5. The van der Waals surface area contributed by atoms with Crippen LogP contribution >= 0.6 is 11.6 Å². The van der Waals surface area contributed by atoms with Crippen molar-refractivity contribution in [2.45, 2.75) is 45.1 Å². The van der Waals surface area contributed by atoms with Gasteiger partial charge >= 0.3 is 0 Å². The lowest BCUT2D eigenvalue weighted by molar-refractivity contribution is 0.208. The Hall–Kier alpha value is -1.13. The molecule has 0 unspecified atom stereocenters. The lowest BCUT2D eigenvalue weighted by Crippen LogP contribution is -2.11. The van der Waals surface area contributed by atoms with Crippen molar-refractivity contribution in [2.75, 3.05) is 5.88 Å². The van der Waals surface area contributed by atoms with Gasteiger partial charge in [0.15, 0.2) is 0 Å². The van der Waals surface area contributed by atoms with Crippen LogP contribution in [0.25, 0.3) is 0 Å². The summed E-state index contributed by atoms with van der Waals surface area (Å²) in [6, 6.07) is 6.16. The highest BCUT2D eigenvalue weighted by molar-refractivity contribution is 6.18. The number of alkyl halides is 1. The molecule has 1 aromatic rings. The molecule has 0 N–H and O–H groups in total. The number of ether oxygens (including phenoxy) is 1. The number of benzene rings is 1. The van der Waals surface area contributed by atoms with E-state index in [9.17, 15) is 0 Å². The molecule has 1 fully saturated rings. The Morgan fingerprint density at radius 3 is 2.78 bits per heavy atom. The van der Waals surface area contributed by atoms with Crippen LogP contribution in [0.4, 0.5) is 0 Å². The number of aryl methyl sites for hydroxylation is 1. The van der Waals surface area contributed by atoms with Gasteiger partial charge in [-0.25, -0.2) is 0 Å². The molecule has 0 aliphatic heterocycles. The second-order valence-corrected chi connectivity index (χ2v) is 5.12. The largest absolute Gasteiger partial charge is 0.490 e. The molecule has 2 rings (SSSR count). The molecule has 96 valence electrons. The van der Waals surface area contributed by atoms with Crippen molar-refractivity contribution in [3.8, 4) is 17.6 Å². The van der Waals surface area contributed by atoms with E-state index in [4.69, 9.17) is 16.3 Å². The zero-order chi connectivity index (χ0) is 12.8. The molecule has 0 saturated heterocycles. The van der Waals surface area contributed by atoms with Gasteiger partial charge in [0.05, 0.1) is 6.10 Å². The van der Waals surface area contributed by atoms with Crippen LogP contribution in [0, 0.1) is 18.8 Å². The van der Waals surface area contributed by atoms with Gasteiger partial charge in [-0.2, -0.15) is 0 Å². The van der Waals surface area contributed by atoms with Crippen LogP contribution in [0.15, 0.2) is 18.2 Å². The highest BCUT2D eigenvalue weighted by Crippen LogP contribution is 2.26. The average molecular weight is 263 g/mol. The minimum absolute atomic E-state index is 0.414. The molecule has 0 bridgehead atoms. The quantitative estimate of drug-likeness (QED) is 0.583. The van der Waals surface area contributed by atoms with Gasteiger partial charge in [-0.05, 0) is 56.4 Å². The van der Waals surface area contributed by atoms with Crippen molar-refractivity contribution in [2.24, 2.45) is 0 Å². The fourth-order valence-electron chi connectivity index (χ4n) is 2.26. The molecule has 0 atom stereocenters. The van der Waals surface area contributed by atoms with Crippen molar-refractivity contribution in [3.05, 3.63) is 29.3 Å².